The third-order valence-corrected chi connectivity index (χ3v) is 5.58. The van der Waals surface area contributed by atoms with Crippen LogP contribution < -0.4 is 5.32 Å². The molecule has 0 aliphatic heterocycles. The monoisotopic (exact) mass is 391 g/mol. The van der Waals surface area contributed by atoms with Crippen molar-refractivity contribution in [2.24, 2.45) is 7.05 Å². The normalized spacial score (nSPS) is 13.6. The molecule has 1 aliphatic rings. The van der Waals surface area contributed by atoms with E-state index in [0.717, 1.165) is 34.8 Å². The lowest BCUT2D eigenvalue weighted by molar-refractivity contribution is 0.101. The predicted molar refractivity (Wildman–Crippen MR) is 106 cm³/mol. The van der Waals surface area contributed by atoms with Crippen molar-refractivity contribution in [2.75, 3.05) is 5.32 Å². The first-order valence-electron chi connectivity index (χ1n) is 9.01. The van der Waals surface area contributed by atoms with Gasteiger partial charge in [-0.1, -0.05) is 35.5 Å². The van der Waals surface area contributed by atoms with Crippen LogP contribution in [0.5, 0.6) is 0 Å². The summed E-state index contributed by atoms with van der Waals surface area (Å²) in [6.45, 7) is 0. The first-order chi connectivity index (χ1) is 13.7. The Kier molecular flexibility index (Phi) is 4.05. The van der Waals surface area contributed by atoms with Crippen LogP contribution >= 0.6 is 11.3 Å². The Morgan fingerprint density at radius 1 is 1.25 bits per heavy atom. The van der Waals surface area contributed by atoms with E-state index in [0.29, 0.717) is 23.2 Å². The van der Waals surface area contributed by atoms with Crippen molar-refractivity contribution in [2.45, 2.75) is 18.8 Å². The number of thiophene rings is 1. The molecule has 4 aromatic rings. The fourth-order valence-corrected chi connectivity index (χ4v) is 3.79. The van der Waals surface area contributed by atoms with Crippen LogP contribution in [0.25, 0.3) is 22.0 Å². The van der Waals surface area contributed by atoms with Crippen molar-refractivity contribution in [3.8, 4) is 22.0 Å². The first kappa shape index (κ1) is 16.9. The highest BCUT2D eigenvalue weighted by atomic mass is 32.1. The maximum atomic E-state index is 12.9. The Labute approximate surface area is 165 Å². The summed E-state index contributed by atoms with van der Waals surface area (Å²) in [6, 6.07) is 13.4. The molecule has 0 spiro atoms. The van der Waals surface area contributed by atoms with Gasteiger partial charge in [0.15, 0.2) is 5.82 Å². The number of amides is 1. The molecule has 28 heavy (non-hydrogen) atoms. The number of nitrogens with one attached hydrogen (secondary N) is 1. The average Bonchev–Trinajstić information content (AvgIpc) is 3.10. The molecule has 1 N–H and O–H groups in total. The molecule has 0 bridgehead atoms. The van der Waals surface area contributed by atoms with Crippen molar-refractivity contribution in [1.29, 1.82) is 0 Å². The maximum absolute atomic E-state index is 12.9. The minimum Gasteiger partial charge on any atom is -0.333 e. The number of hydrogen-bond acceptors (Lipinski definition) is 6. The Hall–Kier alpha value is -3.26. The fraction of sp³-hybridized carbons (Fsp3) is 0.200. The molecular weight excluding hydrogens is 374 g/mol. The highest BCUT2D eigenvalue weighted by Gasteiger charge is 2.29. The van der Waals surface area contributed by atoms with Crippen LogP contribution in [0.2, 0.25) is 0 Å². The largest absolute Gasteiger partial charge is 0.333 e. The van der Waals surface area contributed by atoms with Crippen LogP contribution in [0.1, 0.15) is 35.1 Å². The summed E-state index contributed by atoms with van der Waals surface area (Å²) in [5.41, 5.74) is 2.85. The van der Waals surface area contributed by atoms with E-state index in [-0.39, 0.29) is 5.91 Å². The number of benzene rings is 1. The molecule has 0 unspecified atom stereocenters. The molecule has 1 saturated carbocycles. The minimum absolute atomic E-state index is 0.237. The summed E-state index contributed by atoms with van der Waals surface area (Å²) >= 11 is 1.46. The molecule has 8 heteroatoms. The summed E-state index contributed by atoms with van der Waals surface area (Å²) in [7, 11) is 1.76. The Balaban J connectivity index is 1.39. The van der Waals surface area contributed by atoms with Gasteiger partial charge in [-0.25, -0.2) is 0 Å². The average molecular weight is 391 g/mol. The van der Waals surface area contributed by atoms with Crippen LogP contribution in [-0.4, -0.2) is 25.8 Å². The van der Waals surface area contributed by atoms with Gasteiger partial charge in [0.2, 0.25) is 0 Å². The third kappa shape index (κ3) is 3.11. The predicted octanol–water partition coefficient (Wildman–Crippen LogP) is 4.33. The van der Waals surface area contributed by atoms with Crippen LogP contribution in [0.4, 0.5) is 5.69 Å². The van der Waals surface area contributed by atoms with E-state index in [2.05, 4.69) is 20.6 Å². The van der Waals surface area contributed by atoms with Gasteiger partial charge in [-0.2, -0.15) is 10.1 Å². The molecule has 0 radical (unpaired) electrons. The Morgan fingerprint density at radius 2 is 2.07 bits per heavy atom. The fourth-order valence-electron chi connectivity index (χ4n) is 3.02. The zero-order chi connectivity index (χ0) is 19.1. The standard InChI is InChI=1S/C20H17N5O2S/c1-25-16(11-15(23-25)12-5-3-2-4-6-12)19(26)21-14-9-10-28-17(14)20-22-18(24-27-20)13-7-8-13/h2-6,9-11,13H,7-8H2,1H3,(H,21,26). The highest BCUT2D eigenvalue weighted by molar-refractivity contribution is 7.14. The molecule has 140 valence electrons. The van der Waals surface area contributed by atoms with Gasteiger partial charge in [-0.15, -0.1) is 11.3 Å². The zero-order valence-electron chi connectivity index (χ0n) is 15.1. The quantitative estimate of drug-likeness (QED) is 0.547. The van der Waals surface area contributed by atoms with E-state index < -0.39 is 0 Å². The lowest BCUT2D eigenvalue weighted by Gasteiger charge is -2.04. The van der Waals surface area contributed by atoms with Crippen molar-refractivity contribution in [1.82, 2.24) is 19.9 Å². The van der Waals surface area contributed by atoms with Gasteiger partial charge in [-0.05, 0) is 30.4 Å². The van der Waals surface area contributed by atoms with Gasteiger partial charge in [0.1, 0.15) is 10.6 Å². The number of hydrogen-bond donors (Lipinski definition) is 1. The molecule has 1 amide bonds. The lowest BCUT2D eigenvalue weighted by atomic mass is 10.1. The zero-order valence-corrected chi connectivity index (χ0v) is 15.9. The SMILES string of the molecule is Cn1nc(-c2ccccc2)cc1C(=O)Nc1ccsc1-c1nc(C2CC2)no1. The van der Waals surface area contributed by atoms with Crippen LogP contribution in [0, 0.1) is 0 Å². The number of aryl methyl sites for hydroxylation is 1. The summed E-state index contributed by atoms with van der Waals surface area (Å²) in [4.78, 5) is 18.1. The lowest BCUT2D eigenvalue weighted by Crippen LogP contribution is -2.16. The number of rotatable bonds is 5. The van der Waals surface area contributed by atoms with E-state index in [1.807, 2.05) is 41.8 Å². The summed E-state index contributed by atoms with van der Waals surface area (Å²) in [6.07, 6.45) is 2.22. The molecule has 3 aromatic heterocycles. The number of carbonyl (C=O) groups is 1. The number of anilines is 1. The van der Waals surface area contributed by atoms with Crippen molar-refractivity contribution >= 4 is 22.9 Å². The van der Waals surface area contributed by atoms with E-state index >= 15 is 0 Å². The molecule has 5 rings (SSSR count). The maximum Gasteiger partial charge on any atom is 0.273 e. The topological polar surface area (TPSA) is 85.8 Å². The van der Waals surface area contributed by atoms with Crippen LogP contribution in [-0.2, 0) is 7.05 Å². The van der Waals surface area contributed by atoms with Gasteiger partial charge in [0.25, 0.3) is 11.8 Å². The molecule has 3 heterocycles. The van der Waals surface area contributed by atoms with Gasteiger partial charge in [0, 0.05) is 18.5 Å². The molecular formula is C20H17N5O2S. The van der Waals surface area contributed by atoms with Crippen LogP contribution in [0.15, 0.2) is 52.4 Å². The smallest absolute Gasteiger partial charge is 0.273 e. The van der Waals surface area contributed by atoms with E-state index in [1.54, 1.807) is 17.8 Å². The van der Waals surface area contributed by atoms with Crippen LogP contribution in [0.3, 0.4) is 0 Å². The van der Waals surface area contributed by atoms with Gasteiger partial charge in [0.05, 0.1) is 11.4 Å². The van der Waals surface area contributed by atoms with E-state index in [9.17, 15) is 4.79 Å². The molecule has 0 atom stereocenters. The summed E-state index contributed by atoms with van der Waals surface area (Å²) in [5.74, 6) is 1.38. The number of carbonyl (C=O) groups excluding carboxylic acids is 1. The summed E-state index contributed by atoms with van der Waals surface area (Å²) < 4.78 is 6.99. The van der Waals surface area contributed by atoms with Gasteiger partial charge < -0.3 is 9.84 Å². The molecule has 1 aromatic carbocycles. The summed E-state index contributed by atoms with van der Waals surface area (Å²) in [5, 5.41) is 13.4. The van der Waals surface area contributed by atoms with E-state index in [1.165, 1.54) is 11.3 Å². The first-order valence-corrected chi connectivity index (χ1v) is 9.89. The van der Waals surface area contributed by atoms with Crippen molar-refractivity contribution < 1.29 is 9.32 Å². The molecule has 7 nitrogen and oxygen atoms in total. The highest BCUT2D eigenvalue weighted by Crippen LogP contribution is 2.40. The minimum atomic E-state index is -0.237. The van der Waals surface area contributed by atoms with Crippen molar-refractivity contribution in [3.05, 3.63) is 59.4 Å². The van der Waals surface area contributed by atoms with Gasteiger partial charge >= 0.3 is 0 Å². The second-order valence-electron chi connectivity index (χ2n) is 6.75. The molecule has 1 fully saturated rings. The molecule has 0 saturated heterocycles. The number of nitrogens with zero attached hydrogens (tertiary/aromatic N) is 4. The number of aromatic nitrogens is 4. The second-order valence-corrected chi connectivity index (χ2v) is 7.67. The third-order valence-electron chi connectivity index (χ3n) is 4.67. The second kappa shape index (κ2) is 6.72. The Bertz CT molecular complexity index is 1140. The van der Waals surface area contributed by atoms with E-state index in [4.69, 9.17) is 4.52 Å². The molecule has 1 aliphatic carbocycles. The van der Waals surface area contributed by atoms with Crippen molar-refractivity contribution in [3.63, 3.8) is 0 Å². The van der Waals surface area contributed by atoms with Gasteiger partial charge in [-0.3, -0.25) is 9.48 Å². The Morgan fingerprint density at radius 3 is 2.86 bits per heavy atom.